The number of thiophene rings is 1. The Morgan fingerprint density at radius 3 is 2.87 bits per heavy atom. The van der Waals surface area contributed by atoms with E-state index in [-0.39, 0.29) is 5.56 Å². The molecule has 0 atom stereocenters. The maximum absolute atomic E-state index is 11.4. The molecule has 0 aliphatic rings. The van der Waals surface area contributed by atoms with Crippen LogP contribution in [0.15, 0.2) is 21.5 Å². The van der Waals surface area contributed by atoms with Gasteiger partial charge in [-0.15, -0.1) is 11.3 Å². The highest BCUT2D eigenvalue weighted by atomic mass is 127. The summed E-state index contributed by atoms with van der Waals surface area (Å²) in [5, 5.41) is 0. The highest BCUT2D eigenvalue weighted by molar-refractivity contribution is 14.1. The number of aromatic nitrogens is 2. The molecule has 0 saturated carbocycles. The van der Waals surface area contributed by atoms with Crippen molar-refractivity contribution in [2.24, 2.45) is 0 Å². The molecule has 6 heteroatoms. The van der Waals surface area contributed by atoms with Crippen LogP contribution in [0.25, 0.3) is 10.7 Å². The Balaban J connectivity index is 2.54. The molecule has 0 aromatic carbocycles. The van der Waals surface area contributed by atoms with Gasteiger partial charge in [0, 0.05) is 15.5 Å². The summed E-state index contributed by atoms with van der Waals surface area (Å²) in [6, 6.07) is 1.96. The van der Waals surface area contributed by atoms with Gasteiger partial charge in [0.1, 0.15) is 5.82 Å². The molecule has 0 aliphatic heterocycles. The molecule has 0 bridgehead atoms. The lowest BCUT2D eigenvalue weighted by Crippen LogP contribution is -2.10. The summed E-state index contributed by atoms with van der Waals surface area (Å²) in [5.74, 6) is 0.624. The average molecular weight is 397 g/mol. The monoisotopic (exact) mass is 396 g/mol. The van der Waals surface area contributed by atoms with Gasteiger partial charge in [0.15, 0.2) is 0 Å². The van der Waals surface area contributed by atoms with Crippen molar-refractivity contribution in [3.8, 4) is 10.7 Å². The topological polar surface area (TPSA) is 45.8 Å². The number of H-pyrrole nitrogens is 1. The molecular formula is C9H6BrIN2OS. The van der Waals surface area contributed by atoms with Crippen molar-refractivity contribution in [2.45, 2.75) is 6.92 Å². The zero-order valence-corrected chi connectivity index (χ0v) is 12.2. The molecule has 2 aromatic rings. The van der Waals surface area contributed by atoms with Gasteiger partial charge in [-0.1, -0.05) is 0 Å². The fourth-order valence-corrected chi connectivity index (χ4v) is 2.84. The second kappa shape index (κ2) is 4.34. The minimum absolute atomic E-state index is 0.0947. The van der Waals surface area contributed by atoms with Crippen molar-refractivity contribution < 1.29 is 0 Å². The van der Waals surface area contributed by atoms with Crippen LogP contribution >= 0.6 is 49.9 Å². The van der Waals surface area contributed by atoms with Crippen molar-refractivity contribution in [1.82, 2.24) is 9.97 Å². The Labute approximate surface area is 112 Å². The molecule has 0 fully saturated rings. The van der Waals surface area contributed by atoms with E-state index < -0.39 is 0 Å². The van der Waals surface area contributed by atoms with Crippen LogP contribution in [0.5, 0.6) is 0 Å². The van der Waals surface area contributed by atoms with Crippen molar-refractivity contribution in [1.29, 1.82) is 0 Å². The largest absolute Gasteiger partial charge is 0.305 e. The summed E-state index contributed by atoms with van der Waals surface area (Å²) in [5.41, 5.74) is -0.0947. The Hall–Kier alpha value is -0.210. The Morgan fingerprint density at radius 2 is 2.33 bits per heavy atom. The first kappa shape index (κ1) is 11.3. The van der Waals surface area contributed by atoms with Crippen LogP contribution in [0.2, 0.25) is 0 Å². The molecule has 0 aliphatic carbocycles. The van der Waals surface area contributed by atoms with Crippen LogP contribution in [0.1, 0.15) is 4.88 Å². The number of aryl methyl sites for hydroxylation is 1. The maximum Gasteiger partial charge on any atom is 0.264 e. The Kier molecular flexibility index (Phi) is 3.27. The first-order chi connectivity index (χ1) is 7.08. The van der Waals surface area contributed by atoms with Crippen molar-refractivity contribution >= 4 is 49.9 Å². The van der Waals surface area contributed by atoms with Crippen LogP contribution in [0, 0.1) is 10.5 Å². The van der Waals surface area contributed by atoms with E-state index in [1.165, 1.54) is 4.88 Å². The smallest absolute Gasteiger partial charge is 0.264 e. The van der Waals surface area contributed by atoms with Gasteiger partial charge < -0.3 is 4.98 Å². The van der Waals surface area contributed by atoms with E-state index in [0.717, 1.165) is 9.35 Å². The van der Waals surface area contributed by atoms with Crippen LogP contribution in [0.3, 0.4) is 0 Å². The van der Waals surface area contributed by atoms with Gasteiger partial charge >= 0.3 is 0 Å². The number of nitrogens with zero attached hydrogens (tertiary/aromatic N) is 1. The highest BCUT2D eigenvalue weighted by Gasteiger charge is 2.07. The molecule has 0 radical (unpaired) electrons. The lowest BCUT2D eigenvalue weighted by molar-refractivity contribution is 1.11. The molecule has 2 rings (SSSR count). The first-order valence-electron chi connectivity index (χ1n) is 4.09. The molecular weight excluding hydrogens is 391 g/mol. The van der Waals surface area contributed by atoms with E-state index in [2.05, 4.69) is 25.9 Å². The number of rotatable bonds is 1. The van der Waals surface area contributed by atoms with Gasteiger partial charge in [-0.05, 0) is 51.5 Å². The number of aromatic amines is 1. The van der Waals surface area contributed by atoms with E-state index in [0.29, 0.717) is 9.39 Å². The third kappa shape index (κ3) is 2.31. The summed E-state index contributed by atoms with van der Waals surface area (Å²) >= 11 is 7.00. The molecule has 0 unspecified atom stereocenters. The van der Waals surface area contributed by atoms with Gasteiger partial charge in [0.05, 0.1) is 8.45 Å². The summed E-state index contributed by atoms with van der Waals surface area (Å²) in [7, 11) is 0. The predicted molar refractivity (Wildman–Crippen MR) is 73.3 cm³/mol. The average Bonchev–Trinajstić information content (AvgIpc) is 2.52. The van der Waals surface area contributed by atoms with Gasteiger partial charge in [0.25, 0.3) is 5.56 Å². The molecule has 0 spiro atoms. The SMILES string of the molecule is Cc1sc(-c2ncc(I)c(=O)[nH]2)cc1Br. The normalized spacial score (nSPS) is 10.6. The molecule has 78 valence electrons. The van der Waals surface area contributed by atoms with Crippen molar-refractivity contribution in [2.75, 3.05) is 0 Å². The fourth-order valence-electron chi connectivity index (χ4n) is 1.08. The summed E-state index contributed by atoms with van der Waals surface area (Å²) < 4.78 is 1.65. The van der Waals surface area contributed by atoms with E-state index in [4.69, 9.17) is 0 Å². The van der Waals surface area contributed by atoms with Crippen LogP contribution in [-0.2, 0) is 0 Å². The number of nitrogens with one attached hydrogen (secondary N) is 1. The van der Waals surface area contributed by atoms with Crippen molar-refractivity contribution in [3.63, 3.8) is 0 Å². The second-order valence-electron chi connectivity index (χ2n) is 2.92. The summed E-state index contributed by atoms with van der Waals surface area (Å²) in [4.78, 5) is 20.5. The zero-order chi connectivity index (χ0) is 11.0. The lowest BCUT2D eigenvalue weighted by atomic mass is 10.4. The molecule has 0 saturated heterocycles. The lowest BCUT2D eigenvalue weighted by Gasteiger charge is -1.95. The van der Waals surface area contributed by atoms with Crippen molar-refractivity contribution in [3.05, 3.63) is 35.5 Å². The fraction of sp³-hybridized carbons (Fsp3) is 0.111. The van der Waals surface area contributed by atoms with Gasteiger partial charge in [-0.2, -0.15) is 0 Å². The van der Waals surface area contributed by atoms with Gasteiger partial charge in [-0.25, -0.2) is 4.98 Å². The minimum Gasteiger partial charge on any atom is -0.305 e. The van der Waals surface area contributed by atoms with Gasteiger partial charge in [0.2, 0.25) is 0 Å². The molecule has 1 N–H and O–H groups in total. The van der Waals surface area contributed by atoms with Crippen LogP contribution < -0.4 is 5.56 Å². The summed E-state index contributed by atoms with van der Waals surface area (Å²) in [6.07, 6.45) is 1.58. The third-order valence-electron chi connectivity index (χ3n) is 1.85. The van der Waals surface area contributed by atoms with Crippen LogP contribution in [0.4, 0.5) is 0 Å². The number of hydrogen-bond donors (Lipinski definition) is 1. The molecule has 2 heterocycles. The van der Waals surface area contributed by atoms with Crippen LogP contribution in [-0.4, -0.2) is 9.97 Å². The predicted octanol–water partition coefficient (Wildman–Crippen LogP) is 3.17. The maximum atomic E-state index is 11.4. The number of hydrogen-bond acceptors (Lipinski definition) is 3. The minimum atomic E-state index is -0.0947. The molecule has 0 amide bonds. The number of halogens is 2. The zero-order valence-electron chi connectivity index (χ0n) is 7.67. The molecule has 2 aromatic heterocycles. The first-order valence-corrected chi connectivity index (χ1v) is 6.78. The third-order valence-corrected chi connectivity index (χ3v) is 4.76. The highest BCUT2D eigenvalue weighted by Crippen LogP contribution is 2.31. The van der Waals surface area contributed by atoms with E-state index in [1.54, 1.807) is 17.5 Å². The van der Waals surface area contributed by atoms with E-state index >= 15 is 0 Å². The Morgan fingerprint density at radius 1 is 1.60 bits per heavy atom. The van der Waals surface area contributed by atoms with E-state index in [9.17, 15) is 4.79 Å². The second-order valence-corrected chi connectivity index (χ2v) is 6.20. The van der Waals surface area contributed by atoms with Gasteiger partial charge in [-0.3, -0.25) is 4.79 Å². The Bertz CT molecular complexity index is 544. The molecule has 3 nitrogen and oxygen atoms in total. The van der Waals surface area contributed by atoms with E-state index in [1.807, 2.05) is 35.6 Å². The quantitative estimate of drug-likeness (QED) is 0.752. The molecule has 15 heavy (non-hydrogen) atoms. The standard InChI is InChI=1S/C9H6BrIN2OS/c1-4-5(10)2-7(15-4)8-12-3-6(11)9(14)13-8/h2-3H,1H3,(H,12,13,14). The summed E-state index contributed by atoms with van der Waals surface area (Å²) in [6.45, 7) is 2.02.